The van der Waals surface area contributed by atoms with Gasteiger partial charge in [-0.25, -0.2) is 0 Å². The van der Waals surface area contributed by atoms with Crippen molar-refractivity contribution in [1.29, 1.82) is 0 Å². The maximum Gasteiger partial charge on any atom is 0.143 e. The van der Waals surface area contributed by atoms with Crippen molar-refractivity contribution in [2.75, 3.05) is 12.3 Å². The highest BCUT2D eigenvalue weighted by Gasteiger charge is 2.22. The molecule has 0 bridgehead atoms. The Hall–Kier alpha value is -1.22. The molecule has 1 aromatic carbocycles. The Morgan fingerprint density at radius 3 is 2.77 bits per heavy atom. The third-order valence-electron chi connectivity index (χ3n) is 2.51. The van der Waals surface area contributed by atoms with E-state index in [2.05, 4.69) is 5.32 Å². The second-order valence-corrected chi connectivity index (χ2v) is 3.59. The van der Waals surface area contributed by atoms with Crippen LogP contribution in [0.3, 0.4) is 0 Å². The van der Waals surface area contributed by atoms with Crippen LogP contribution >= 0.6 is 0 Å². The molecule has 0 amide bonds. The molecule has 1 aliphatic rings. The molecule has 3 nitrogen and oxygen atoms in total. The fourth-order valence-corrected chi connectivity index (χ4v) is 1.66. The van der Waals surface area contributed by atoms with Crippen LogP contribution in [0, 0.1) is 6.92 Å². The number of benzene rings is 1. The van der Waals surface area contributed by atoms with E-state index in [1.165, 1.54) is 0 Å². The van der Waals surface area contributed by atoms with E-state index in [1.54, 1.807) is 6.07 Å². The van der Waals surface area contributed by atoms with Crippen LogP contribution < -0.4 is 11.1 Å². The zero-order chi connectivity index (χ0) is 9.42. The van der Waals surface area contributed by atoms with Gasteiger partial charge in [-0.1, -0.05) is 6.07 Å². The number of aryl methyl sites for hydroxylation is 1. The predicted molar refractivity (Wildman–Crippen MR) is 52.6 cm³/mol. The van der Waals surface area contributed by atoms with Gasteiger partial charge in [-0.15, -0.1) is 0 Å². The predicted octanol–water partition coefficient (Wildman–Crippen LogP) is 1.32. The molecule has 1 aliphatic heterocycles. The average molecular weight is 178 g/mol. The Balaban J connectivity index is 2.42. The summed E-state index contributed by atoms with van der Waals surface area (Å²) in [7, 11) is 0. The quantitative estimate of drug-likeness (QED) is 0.449. The minimum absolute atomic E-state index is 0.239. The maximum absolute atomic E-state index is 9.69. The normalized spacial score (nSPS) is 21.2. The number of nitrogens with one attached hydrogen (secondary N) is 1. The molecule has 1 aromatic rings. The second kappa shape index (κ2) is 2.92. The minimum atomic E-state index is 0.239. The largest absolute Gasteiger partial charge is 0.505 e. The van der Waals surface area contributed by atoms with Gasteiger partial charge in [0.25, 0.3) is 0 Å². The number of aromatic hydroxyl groups is 1. The Kier molecular flexibility index (Phi) is 1.88. The molecule has 0 aliphatic carbocycles. The molecule has 1 atom stereocenters. The summed E-state index contributed by atoms with van der Waals surface area (Å²) in [6.45, 7) is 3.01. The van der Waals surface area contributed by atoms with Crippen LogP contribution in [-0.4, -0.2) is 11.7 Å². The van der Waals surface area contributed by atoms with Crippen LogP contribution in [0.1, 0.15) is 23.6 Å². The number of anilines is 1. The number of nitrogen functional groups attached to an aromatic ring is 1. The number of phenols is 1. The second-order valence-electron chi connectivity index (χ2n) is 3.59. The lowest BCUT2D eigenvalue weighted by Gasteiger charge is -2.29. The zero-order valence-electron chi connectivity index (χ0n) is 7.67. The third kappa shape index (κ3) is 1.35. The lowest BCUT2D eigenvalue weighted by atomic mass is 9.95. The van der Waals surface area contributed by atoms with E-state index < -0.39 is 0 Å². The zero-order valence-corrected chi connectivity index (χ0v) is 7.67. The van der Waals surface area contributed by atoms with E-state index in [-0.39, 0.29) is 5.75 Å². The van der Waals surface area contributed by atoms with E-state index in [4.69, 9.17) is 5.73 Å². The first-order chi connectivity index (χ1) is 6.18. The number of phenolic OH excluding ortho intramolecular Hbond substituents is 1. The van der Waals surface area contributed by atoms with Crippen LogP contribution in [0.4, 0.5) is 5.69 Å². The van der Waals surface area contributed by atoms with Crippen LogP contribution in [-0.2, 0) is 0 Å². The Labute approximate surface area is 77.6 Å². The van der Waals surface area contributed by atoms with E-state index in [9.17, 15) is 5.11 Å². The molecule has 1 saturated heterocycles. The first-order valence-electron chi connectivity index (χ1n) is 4.51. The van der Waals surface area contributed by atoms with Crippen molar-refractivity contribution in [2.24, 2.45) is 0 Å². The summed E-state index contributed by atoms with van der Waals surface area (Å²) in [5.41, 5.74) is 8.17. The van der Waals surface area contributed by atoms with Crippen molar-refractivity contribution in [1.82, 2.24) is 5.32 Å². The smallest absolute Gasteiger partial charge is 0.143 e. The lowest BCUT2D eigenvalue weighted by molar-refractivity contribution is 0.365. The van der Waals surface area contributed by atoms with Gasteiger partial charge in [-0.05, 0) is 31.5 Å². The van der Waals surface area contributed by atoms with Crippen LogP contribution in [0.15, 0.2) is 12.1 Å². The van der Waals surface area contributed by atoms with Crippen molar-refractivity contribution in [3.05, 3.63) is 23.3 Å². The SMILES string of the molecule is Cc1cc(N)c(O)c([C@H]2CCN2)c1. The van der Waals surface area contributed by atoms with Gasteiger partial charge in [0.2, 0.25) is 0 Å². The summed E-state index contributed by atoms with van der Waals surface area (Å²) in [6, 6.07) is 4.07. The molecule has 3 heteroatoms. The molecule has 0 spiro atoms. The standard InChI is InChI=1S/C10H14N2O/c1-6-4-7(9-2-3-12-9)10(13)8(11)5-6/h4-5,9,12-13H,2-3,11H2,1H3/t9-/m1/s1. The highest BCUT2D eigenvalue weighted by atomic mass is 16.3. The summed E-state index contributed by atoms with van der Waals surface area (Å²) in [5, 5.41) is 12.9. The molecule has 0 saturated carbocycles. The van der Waals surface area contributed by atoms with Crippen molar-refractivity contribution >= 4 is 5.69 Å². The summed E-state index contributed by atoms with van der Waals surface area (Å²) < 4.78 is 0. The number of hydrogen-bond donors (Lipinski definition) is 3. The summed E-state index contributed by atoms with van der Waals surface area (Å²) in [6.07, 6.45) is 1.08. The number of hydrogen-bond acceptors (Lipinski definition) is 3. The Morgan fingerprint density at radius 1 is 1.54 bits per heavy atom. The Bertz CT molecular complexity index is 332. The van der Waals surface area contributed by atoms with Crippen molar-refractivity contribution in [2.45, 2.75) is 19.4 Å². The monoisotopic (exact) mass is 178 g/mol. The highest BCUT2D eigenvalue weighted by molar-refractivity contribution is 5.59. The molecule has 0 aromatic heterocycles. The molecule has 2 rings (SSSR count). The number of rotatable bonds is 1. The molecule has 1 fully saturated rings. The first kappa shape index (κ1) is 8.38. The van der Waals surface area contributed by atoms with Gasteiger partial charge in [-0.3, -0.25) is 0 Å². The van der Waals surface area contributed by atoms with Gasteiger partial charge >= 0.3 is 0 Å². The third-order valence-corrected chi connectivity index (χ3v) is 2.51. The lowest BCUT2D eigenvalue weighted by Crippen LogP contribution is -2.35. The fraction of sp³-hybridized carbons (Fsp3) is 0.400. The van der Waals surface area contributed by atoms with Gasteiger partial charge in [0.1, 0.15) is 5.75 Å². The highest BCUT2D eigenvalue weighted by Crippen LogP contribution is 2.35. The van der Waals surface area contributed by atoms with E-state index in [1.807, 2.05) is 13.0 Å². The summed E-state index contributed by atoms with van der Waals surface area (Å²) in [5.74, 6) is 0.239. The fourth-order valence-electron chi connectivity index (χ4n) is 1.66. The molecular weight excluding hydrogens is 164 g/mol. The van der Waals surface area contributed by atoms with Crippen LogP contribution in [0.5, 0.6) is 5.75 Å². The maximum atomic E-state index is 9.69. The molecule has 1 heterocycles. The van der Waals surface area contributed by atoms with Crippen LogP contribution in [0.2, 0.25) is 0 Å². The van der Waals surface area contributed by atoms with Gasteiger partial charge in [0, 0.05) is 11.6 Å². The molecule has 4 N–H and O–H groups in total. The van der Waals surface area contributed by atoms with E-state index >= 15 is 0 Å². The molecule has 0 radical (unpaired) electrons. The summed E-state index contributed by atoms with van der Waals surface area (Å²) in [4.78, 5) is 0. The summed E-state index contributed by atoms with van der Waals surface area (Å²) >= 11 is 0. The number of nitrogens with two attached hydrogens (primary N) is 1. The minimum Gasteiger partial charge on any atom is -0.505 e. The van der Waals surface area contributed by atoms with Crippen molar-refractivity contribution in [3.63, 3.8) is 0 Å². The first-order valence-corrected chi connectivity index (χ1v) is 4.51. The van der Waals surface area contributed by atoms with E-state index in [0.29, 0.717) is 11.7 Å². The van der Waals surface area contributed by atoms with Crippen LogP contribution in [0.25, 0.3) is 0 Å². The van der Waals surface area contributed by atoms with Gasteiger partial charge in [-0.2, -0.15) is 0 Å². The topological polar surface area (TPSA) is 58.3 Å². The van der Waals surface area contributed by atoms with Crippen molar-refractivity contribution < 1.29 is 5.11 Å². The van der Waals surface area contributed by atoms with Gasteiger partial charge in [0.15, 0.2) is 0 Å². The van der Waals surface area contributed by atoms with Gasteiger partial charge < -0.3 is 16.2 Å². The molecule has 0 unspecified atom stereocenters. The molecule has 70 valence electrons. The average Bonchev–Trinajstić information content (AvgIpc) is 1.95. The van der Waals surface area contributed by atoms with Crippen molar-refractivity contribution in [3.8, 4) is 5.75 Å². The molecule has 13 heavy (non-hydrogen) atoms. The van der Waals surface area contributed by atoms with E-state index in [0.717, 1.165) is 24.1 Å². The van der Waals surface area contributed by atoms with Gasteiger partial charge in [0.05, 0.1) is 5.69 Å². The molecular formula is C10H14N2O. The Morgan fingerprint density at radius 2 is 2.23 bits per heavy atom.